The van der Waals surface area contributed by atoms with Crippen molar-refractivity contribution in [2.75, 3.05) is 20.1 Å². The minimum absolute atomic E-state index is 0.222. The van der Waals surface area contributed by atoms with Gasteiger partial charge in [0, 0.05) is 32.2 Å². The van der Waals surface area contributed by atoms with Crippen LogP contribution in [-0.4, -0.2) is 54.8 Å². The van der Waals surface area contributed by atoms with Crippen LogP contribution < -0.4 is 10.6 Å². The number of carbonyl (C=O) groups is 1. The molecule has 0 aromatic rings. The summed E-state index contributed by atoms with van der Waals surface area (Å²) in [5.74, 6) is 1.30. The second-order valence-electron chi connectivity index (χ2n) is 7.58. The normalized spacial score (nSPS) is 17.0. The number of rotatable bonds is 6. The summed E-state index contributed by atoms with van der Waals surface area (Å²) in [7, 11) is 1.76. The van der Waals surface area contributed by atoms with Crippen molar-refractivity contribution in [2.45, 2.75) is 72.1 Å². The average molecular weight is 326 g/mol. The minimum Gasteiger partial charge on any atom is -0.444 e. The highest BCUT2D eigenvalue weighted by Gasteiger charge is 2.34. The molecule has 0 radical (unpaired) electrons. The zero-order chi connectivity index (χ0) is 17.6. The van der Waals surface area contributed by atoms with Crippen molar-refractivity contribution in [1.82, 2.24) is 15.5 Å². The first kappa shape index (κ1) is 19.6. The molecule has 2 N–H and O–H groups in total. The highest BCUT2D eigenvalue weighted by Crippen LogP contribution is 2.27. The standard InChI is InChI=1S/C17H34N4O2/c1-12(2)13(3)20-15(18-7)19-10-11-21(14-8-9-14)16(22)23-17(4,5)6/h12-14H,8-11H2,1-7H3,(H2,18,19,20). The van der Waals surface area contributed by atoms with Crippen molar-refractivity contribution < 1.29 is 9.53 Å². The third kappa shape index (κ3) is 7.57. The molecule has 6 heteroatoms. The summed E-state index contributed by atoms with van der Waals surface area (Å²) in [6, 6.07) is 0.669. The summed E-state index contributed by atoms with van der Waals surface area (Å²) < 4.78 is 5.49. The van der Waals surface area contributed by atoms with Gasteiger partial charge in [-0.3, -0.25) is 4.99 Å². The van der Waals surface area contributed by atoms with Crippen LogP contribution in [0, 0.1) is 5.92 Å². The number of ether oxygens (including phenoxy) is 1. The highest BCUT2D eigenvalue weighted by atomic mass is 16.6. The van der Waals surface area contributed by atoms with Crippen molar-refractivity contribution in [3.8, 4) is 0 Å². The van der Waals surface area contributed by atoms with E-state index >= 15 is 0 Å². The number of carbonyl (C=O) groups excluding carboxylic acids is 1. The zero-order valence-corrected chi connectivity index (χ0v) is 15.8. The molecule has 1 saturated carbocycles. The molecule has 134 valence electrons. The molecule has 0 aliphatic heterocycles. The maximum absolute atomic E-state index is 12.3. The molecule has 1 aliphatic carbocycles. The number of hydrogen-bond acceptors (Lipinski definition) is 3. The first-order chi connectivity index (χ1) is 10.6. The Kier molecular flexibility index (Phi) is 7.16. The summed E-state index contributed by atoms with van der Waals surface area (Å²) in [6.07, 6.45) is 1.91. The topological polar surface area (TPSA) is 66.0 Å². The Balaban J connectivity index is 2.45. The summed E-state index contributed by atoms with van der Waals surface area (Å²) in [4.78, 5) is 18.3. The molecular formula is C17H34N4O2. The van der Waals surface area contributed by atoms with E-state index < -0.39 is 5.60 Å². The Morgan fingerprint density at radius 2 is 1.91 bits per heavy atom. The van der Waals surface area contributed by atoms with Crippen LogP contribution in [0.25, 0.3) is 0 Å². The fourth-order valence-electron chi connectivity index (χ4n) is 2.00. The molecule has 0 aromatic heterocycles. The number of aliphatic imine (C=N–C) groups is 1. The van der Waals surface area contributed by atoms with Gasteiger partial charge in [0.05, 0.1) is 0 Å². The Labute approximate surface area is 141 Å². The highest BCUT2D eigenvalue weighted by molar-refractivity contribution is 5.80. The quantitative estimate of drug-likeness (QED) is 0.582. The number of nitrogens with one attached hydrogen (secondary N) is 2. The molecule has 1 rings (SSSR count). The fourth-order valence-corrected chi connectivity index (χ4v) is 2.00. The molecule has 1 unspecified atom stereocenters. The van der Waals surface area contributed by atoms with Gasteiger partial charge in [-0.15, -0.1) is 0 Å². The third-order valence-electron chi connectivity index (χ3n) is 3.85. The molecule has 6 nitrogen and oxygen atoms in total. The van der Waals surface area contributed by atoms with Crippen LogP contribution in [0.15, 0.2) is 4.99 Å². The van der Waals surface area contributed by atoms with Crippen molar-refractivity contribution in [1.29, 1.82) is 0 Å². The molecule has 1 atom stereocenters. The maximum Gasteiger partial charge on any atom is 0.410 e. The summed E-state index contributed by atoms with van der Waals surface area (Å²) in [5.41, 5.74) is -0.456. The second-order valence-corrected chi connectivity index (χ2v) is 7.58. The lowest BCUT2D eigenvalue weighted by Crippen LogP contribution is -2.47. The number of amides is 1. The van der Waals surface area contributed by atoms with Gasteiger partial charge in [0.25, 0.3) is 0 Å². The van der Waals surface area contributed by atoms with E-state index in [1.54, 1.807) is 7.05 Å². The zero-order valence-electron chi connectivity index (χ0n) is 15.8. The van der Waals surface area contributed by atoms with Crippen LogP contribution >= 0.6 is 0 Å². The van der Waals surface area contributed by atoms with E-state index in [1.165, 1.54) is 0 Å². The van der Waals surface area contributed by atoms with E-state index in [-0.39, 0.29) is 6.09 Å². The van der Waals surface area contributed by atoms with Gasteiger partial charge < -0.3 is 20.3 Å². The average Bonchev–Trinajstić information content (AvgIpc) is 3.24. The van der Waals surface area contributed by atoms with Gasteiger partial charge in [0.2, 0.25) is 0 Å². The van der Waals surface area contributed by atoms with Gasteiger partial charge >= 0.3 is 6.09 Å². The molecule has 1 aliphatic rings. The Hall–Kier alpha value is -1.46. The molecule has 1 fully saturated rings. The number of nitrogens with zero attached hydrogens (tertiary/aromatic N) is 2. The molecule has 0 aromatic carbocycles. The van der Waals surface area contributed by atoms with Gasteiger partial charge in [0.15, 0.2) is 5.96 Å². The lowest BCUT2D eigenvalue weighted by Gasteiger charge is -2.28. The SMILES string of the molecule is CN=C(NCCN(C(=O)OC(C)(C)C)C1CC1)NC(C)C(C)C. The lowest BCUT2D eigenvalue weighted by molar-refractivity contribution is 0.0238. The summed E-state index contributed by atoms with van der Waals surface area (Å²) in [5, 5.41) is 6.63. The second kappa shape index (κ2) is 8.41. The molecule has 0 bridgehead atoms. The Bertz CT molecular complexity index is 411. The first-order valence-corrected chi connectivity index (χ1v) is 8.61. The molecule has 0 spiro atoms. The smallest absolute Gasteiger partial charge is 0.410 e. The summed E-state index contributed by atoms with van der Waals surface area (Å²) >= 11 is 0. The molecule has 23 heavy (non-hydrogen) atoms. The van der Waals surface area contributed by atoms with Gasteiger partial charge in [0.1, 0.15) is 5.60 Å². The lowest BCUT2D eigenvalue weighted by atomic mass is 10.1. The number of hydrogen-bond donors (Lipinski definition) is 2. The van der Waals surface area contributed by atoms with Gasteiger partial charge in [-0.05, 0) is 46.5 Å². The third-order valence-corrected chi connectivity index (χ3v) is 3.85. The predicted molar refractivity (Wildman–Crippen MR) is 94.8 cm³/mol. The van der Waals surface area contributed by atoms with E-state index in [4.69, 9.17) is 4.74 Å². The molecule has 0 saturated heterocycles. The Morgan fingerprint density at radius 1 is 1.30 bits per heavy atom. The minimum atomic E-state index is -0.456. The van der Waals surface area contributed by atoms with Gasteiger partial charge in [-0.2, -0.15) is 0 Å². The monoisotopic (exact) mass is 326 g/mol. The van der Waals surface area contributed by atoms with E-state index in [0.717, 1.165) is 18.8 Å². The van der Waals surface area contributed by atoms with Crippen molar-refractivity contribution in [3.63, 3.8) is 0 Å². The molecule has 1 amide bonds. The van der Waals surface area contributed by atoms with Gasteiger partial charge in [-0.1, -0.05) is 13.8 Å². The van der Waals surface area contributed by atoms with E-state index in [1.807, 2.05) is 25.7 Å². The van der Waals surface area contributed by atoms with E-state index in [2.05, 4.69) is 36.4 Å². The van der Waals surface area contributed by atoms with Crippen molar-refractivity contribution >= 4 is 12.1 Å². The van der Waals surface area contributed by atoms with Crippen LogP contribution in [-0.2, 0) is 4.74 Å². The molecular weight excluding hydrogens is 292 g/mol. The largest absolute Gasteiger partial charge is 0.444 e. The fraction of sp³-hybridized carbons (Fsp3) is 0.882. The maximum atomic E-state index is 12.3. The van der Waals surface area contributed by atoms with Gasteiger partial charge in [-0.25, -0.2) is 4.79 Å². The summed E-state index contributed by atoms with van der Waals surface area (Å²) in [6.45, 7) is 13.4. The van der Waals surface area contributed by atoms with Crippen LogP contribution in [0.4, 0.5) is 4.79 Å². The van der Waals surface area contributed by atoms with E-state index in [0.29, 0.717) is 31.1 Å². The Morgan fingerprint density at radius 3 is 2.35 bits per heavy atom. The van der Waals surface area contributed by atoms with Crippen LogP contribution in [0.1, 0.15) is 54.4 Å². The van der Waals surface area contributed by atoms with E-state index in [9.17, 15) is 4.79 Å². The first-order valence-electron chi connectivity index (χ1n) is 8.61. The van der Waals surface area contributed by atoms with Crippen molar-refractivity contribution in [3.05, 3.63) is 0 Å². The van der Waals surface area contributed by atoms with Crippen LogP contribution in [0.3, 0.4) is 0 Å². The van der Waals surface area contributed by atoms with Crippen LogP contribution in [0.5, 0.6) is 0 Å². The molecule has 0 heterocycles. The van der Waals surface area contributed by atoms with Crippen LogP contribution in [0.2, 0.25) is 0 Å². The number of guanidine groups is 1. The predicted octanol–water partition coefficient (Wildman–Crippen LogP) is 2.60. The van der Waals surface area contributed by atoms with Crippen molar-refractivity contribution in [2.24, 2.45) is 10.9 Å².